The second kappa shape index (κ2) is 7.57. The average molecular weight is 291 g/mol. The standard InChI is InChI=1S/C17H25NO3/c1-13(2)12-21-17(20)15-5-3-14(4-6-15)11-18-9-7-16(19)8-10-18/h3-6,13,16,19H,7-12H2,1-2H3. The molecule has 0 bridgehead atoms. The molecule has 0 atom stereocenters. The lowest BCUT2D eigenvalue weighted by molar-refractivity contribution is 0.0458. The normalized spacial score (nSPS) is 17.1. The van der Waals surface area contributed by atoms with Crippen molar-refractivity contribution in [2.24, 2.45) is 5.92 Å². The molecule has 4 heteroatoms. The van der Waals surface area contributed by atoms with Crippen LogP contribution in [0.3, 0.4) is 0 Å². The predicted octanol–water partition coefficient (Wildman–Crippen LogP) is 2.46. The topological polar surface area (TPSA) is 49.8 Å². The largest absolute Gasteiger partial charge is 0.462 e. The number of aliphatic hydroxyl groups is 1. The first kappa shape index (κ1) is 16.0. The van der Waals surface area contributed by atoms with Crippen LogP contribution < -0.4 is 0 Å². The minimum Gasteiger partial charge on any atom is -0.462 e. The molecule has 0 aromatic heterocycles. The minimum absolute atomic E-state index is 0.139. The van der Waals surface area contributed by atoms with Crippen LogP contribution >= 0.6 is 0 Å². The van der Waals surface area contributed by atoms with Crippen LogP contribution in [-0.2, 0) is 11.3 Å². The Morgan fingerprint density at radius 1 is 1.29 bits per heavy atom. The van der Waals surface area contributed by atoms with E-state index >= 15 is 0 Å². The monoisotopic (exact) mass is 291 g/mol. The van der Waals surface area contributed by atoms with Gasteiger partial charge in [-0.3, -0.25) is 4.90 Å². The van der Waals surface area contributed by atoms with E-state index in [1.165, 1.54) is 5.56 Å². The molecule has 1 aliphatic heterocycles. The molecule has 1 heterocycles. The zero-order valence-corrected chi connectivity index (χ0v) is 12.9. The first-order valence-corrected chi connectivity index (χ1v) is 7.71. The fraction of sp³-hybridized carbons (Fsp3) is 0.588. The highest BCUT2D eigenvalue weighted by Crippen LogP contribution is 2.14. The number of hydrogen-bond acceptors (Lipinski definition) is 4. The zero-order chi connectivity index (χ0) is 15.2. The van der Waals surface area contributed by atoms with Gasteiger partial charge < -0.3 is 9.84 Å². The molecule has 0 saturated carbocycles. The molecule has 1 aliphatic rings. The van der Waals surface area contributed by atoms with Crippen molar-refractivity contribution in [2.75, 3.05) is 19.7 Å². The predicted molar refractivity (Wildman–Crippen MR) is 82.1 cm³/mol. The lowest BCUT2D eigenvalue weighted by Crippen LogP contribution is -2.35. The zero-order valence-electron chi connectivity index (χ0n) is 12.9. The quantitative estimate of drug-likeness (QED) is 0.847. The summed E-state index contributed by atoms with van der Waals surface area (Å²) in [5, 5.41) is 9.50. The van der Waals surface area contributed by atoms with Gasteiger partial charge in [0.05, 0.1) is 18.3 Å². The van der Waals surface area contributed by atoms with Crippen LogP contribution in [0.2, 0.25) is 0 Å². The van der Waals surface area contributed by atoms with Crippen molar-refractivity contribution in [3.8, 4) is 0 Å². The molecular weight excluding hydrogens is 266 g/mol. The Bertz CT molecular complexity index is 448. The SMILES string of the molecule is CC(C)COC(=O)c1ccc(CN2CCC(O)CC2)cc1. The highest BCUT2D eigenvalue weighted by atomic mass is 16.5. The molecule has 116 valence electrons. The smallest absolute Gasteiger partial charge is 0.338 e. The molecule has 1 saturated heterocycles. The summed E-state index contributed by atoms with van der Waals surface area (Å²) in [6, 6.07) is 7.63. The van der Waals surface area contributed by atoms with Gasteiger partial charge in [-0.05, 0) is 36.5 Å². The summed E-state index contributed by atoms with van der Waals surface area (Å²) in [4.78, 5) is 14.2. The summed E-state index contributed by atoms with van der Waals surface area (Å²) in [7, 11) is 0. The third-order valence-corrected chi connectivity index (χ3v) is 3.70. The van der Waals surface area contributed by atoms with Gasteiger partial charge in [0.25, 0.3) is 0 Å². The number of likely N-dealkylation sites (tertiary alicyclic amines) is 1. The molecule has 0 unspecified atom stereocenters. The molecule has 21 heavy (non-hydrogen) atoms. The molecule has 1 fully saturated rings. The number of benzene rings is 1. The highest BCUT2D eigenvalue weighted by Gasteiger charge is 2.17. The molecule has 2 rings (SSSR count). The maximum absolute atomic E-state index is 11.8. The Kier molecular flexibility index (Phi) is 5.76. The lowest BCUT2D eigenvalue weighted by Gasteiger charge is -2.29. The molecular formula is C17H25NO3. The number of carbonyl (C=O) groups is 1. The summed E-state index contributed by atoms with van der Waals surface area (Å²) in [5.74, 6) is 0.0963. The van der Waals surface area contributed by atoms with Crippen molar-refractivity contribution >= 4 is 5.97 Å². The lowest BCUT2D eigenvalue weighted by atomic mass is 10.1. The third kappa shape index (κ3) is 5.14. The van der Waals surface area contributed by atoms with E-state index in [2.05, 4.69) is 4.90 Å². The van der Waals surface area contributed by atoms with Crippen LogP contribution in [0.25, 0.3) is 0 Å². The van der Waals surface area contributed by atoms with Gasteiger partial charge in [0, 0.05) is 19.6 Å². The summed E-state index contributed by atoms with van der Waals surface area (Å²) < 4.78 is 5.21. The van der Waals surface area contributed by atoms with Crippen molar-refractivity contribution < 1.29 is 14.6 Å². The second-order valence-corrected chi connectivity index (χ2v) is 6.20. The van der Waals surface area contributed by atoms with Crippen molar-refractivity contribution in [1.82, 2.24) is 4.90 Å². The Labute approximate surface area is 126 Å². The number of hydrogen-bond donors (Lipinski definition) is 1. The van der Waals surface area contributed by atoms with Crippen molar-refractivity contribution in [1.29, 1.82) is 0 Å². The van der Waals surface area contributed by atoms with Gasteiger partial charge in [0.2, 0.25) is 0 Å². The summed E-state index contributed by atoms with van der Waals surface area (Å²) in [6.07, 6.45) is 1.55. The number of carbonyl (C=O) groups excluding carboxylic acids is 1. The molecule has 1 N–H and O–H groups in total. The Balaban J connectivity index is 1.85. The van der Waals surface area contributed by atoms with Crippen molar-refractivity contribution in [3.05, 3.63) is 35.4 Å². The van der Waals surface area contributed by atoms with E-state index in [1.807, 2.05) is 38.1 Å². The fourth-order valence-corrected chi connectivity index (χ4v) is 2.41. The highest BCUT2D eigenvalue weighted by molar-refractivity contribution is 5.89. The van der Waals surface area contributed by atoms with Crippen LogP contribution in [0, 0.1) is 5.92 Å². The number of rotatable bonds is 5. The van der Waals surface area contributed by atoms with Gasteiger partial charge >= 0.3 is 5.97 Å². The fourth-order valence-electron chi connectivity index (χ4n) is 2.41. The van der Waals surface area contributed by atoms with Gasteiger partial charge in [-0.1, -0.05) is 26.0 Å². The van der Waals surface area contributed by atoms with E-state index in [4.69, 9.17) is 4.74 Å². The van der Waals surface area contributed by atoms with Gasteiger partial charge in [0.15, 0.2) is 0 Å². The summed E-state index contributed by atoms with van der Waals surface area (Å²) >= 11 is 0. The maximum atomic E-state index is 11.8. The maximum Gasteiger partial charge on any atom is 0.338 e. The van der Waals surface area contributed by atoms with E-state index < -0.39 is 0 Å². The van der Waals surface area contributed by atoms with E-state index in [0.29, 0.717) is 18.1 Å². The Morgan fingerprint density at radius 3 is 2.48 bits per heavy atom. The van der Waals surface area contributed by atoms with Crippen LogP contribution in [0.4, 0.5) is 0 Å². The van der Waals surface area contributed by atoms with Gasteiger partial charge in [-0.2, -0.15) is 0 Å². The Morgan fingerprint density at radius 2 is 1.90 bits per heavy atom. The van der Waals surface area contributed by atoms with Gasteiger partial charge in [0.1, 0.15) is 0 Å². The third-order valence-electron chi connectivity index (χ3n) is 3.70. The molecule has 0 radical (unpaired) electrons. The first-order chi connectivity index (χ1) is 10.0. The van der Waals surface area contributed by atoms with Crippen molar-refractivity contribution in [3.63, 3.8) is 0 Å². The number of ether oxygens (including phenoxy) is 1. The number of aliphatic hydroxyl groups excluding tert-OH is 1. The molecule has 0 amide bonds. The summed E-state index contributed by atoms with van der Waals surface area (Å²) in [5.41, 5.74) is 1.79. The van der Waals surface area contributed by atoms with E-state index in [1.54, 1.807) is 0 Å². The minimum atomic E-state index is -0.253. The van der Waals surface area contributed by atoms with Crippen LogP contribution in [-0.4, -0.2) is 41.8 Å². The molecule has 1 aromatic carbocycles. The first-order valence-electron chi connectivity index (χ1n) is 7.71. The average Bonchev–Trinajstić information content (AvgIpc) is 2.48. The van der Waals surface area contributed by atoms with E-state index in [0.717, 1.165) is 32.5 Å². The number of esters is 1. The van der Waals surface area contributed by atoms with Crippen molar-refractivity contribution in [2.45, 2.75) is 39.3 Å². The molecule has 0 spiro atoms. The Hall–Kier alpha value is -1.39. The number of piperidine rings is 1. The van der Waals surface area contributed by atoms with E-state index in [-0.39, 0.29) is 12.1 Å². The van der Waals surface area contributed by atoms with Gasteiger partial charge in [-0.25, -0.2) is 4.79 Å². The van der Waals surface area contributed by atoms with Crippen LogP contribution in [0.15, 0.2) is 24.3 Å². The van der Waals surface area contributed by atoms with Crippen LogP contribution in [0.1, 0.15) is 42.6 Å². The second-order valence-electron chi connectivity index (χ2n) is 6.20. The molecule has 4 nitrogen and oxygen atoms in total. The molecule has 0 aliphatic carbocycles. The van der Waals surface area contributed by atoms with E-state index in [9.17, 15) is 9.90 Å². The van der Waals surface area contributed by atoms with Crippen LogP contribution in [0.5, 0.6) is 0 Å². The molecule has 1 aromatic rings. The van der Waals surface area contributed by atoms with Gasteiger partial charge in [-0.15, -0.1) is 0 Å². The summed E-state index contributed by atoms with van der Waals surface area (Å²) in [6.45, 7) is 7.22. The number of nitrogens with zero attached hydrogens (tertiary/aromatic N) is 1.